The van der Waals surface area contributed by atoms with Gasteiger partial charge in [-0.25, -0.2) is 0 Å². The minimum absolute atomic E-state index is 0.863. The molecule has 0 fully saturated rings. The Morgan fingerprint density at radius 3 is 1.27 bits per heavy atom. The molecule has 2 heteroatoms. The molecule has 0 N–H and O–H groups in total. The zero-order valence-electron chi connectivity index (χ0n) is 34.8. The van der Waals surface area contributed by atoms with Crippen molar-refractivity contribution in [3.63, 3.8) is 0 Å². The first kappa shape index (κ1) is 36.2. The summed E-state index contributed by atoms with van der Waals surface area (Å²) in [6.07, 6.45) is 0. The van der Waals surface area contributed by atoms with Crippen molar-refractivity contribution in [2.24, 2.45) is 0 Å². The van der Waals surface area contributed by atoms with E-state index in [9.17, 15) is 0 Å². The van der Waals surface area contributed by atoms with Gasteiger partial charge in [-0.05, 0) is 108 Å². The molecule has 0 atom stereocenters. The molecule has 0 unspecified atom stereocenters. The van der Waals surface area contributed by atoms with Gasteiger partial charge < -0.3 is 8.83 Å². The average Bonchev–Trinajstić information content (AvgIpc) is 3.94. The number of para-hydroxylation sites is 1. The zero-order chi connectivity index (χ0) is 42.1. The van der Waals surface area contributed by atoms with Crippen molar-refractivity contribution in [3.05, 3.63) is 231 Å². The van der Waals surface area contributed by atoms with Gasteiger partial charge in [-0.15, -0.1) is 0 Å². The molecule has 0 aliphatic rings. The van der Waals surface area contributed by atoms with Crippen LogP contribution in [0.5, 0.6) is 0 Å². The summed E-state index contributed by atoms with van der Waals surface area (Å²) in [6, 6.07) is 82.9. The number of benzene rings is 11. The first-order valence-electron chi connectivity index (χ1n) is 21.9. The zero-order valence-corrected chi connectivity index (χ0v) is 34.8. The summed E-state index contributed by atoms with van der Waals surface area (Å²) in [5.74, 6) is 0. The Bertz CT molecular complexity index is 3860. The fourth-order valence-corrected chi connectivity index (χ4v) is 10.3. The van der Waals surface area contributed by atoms with Crippen molar-refractivity contribution in [1.29, 1.82) is 0 Å². The number of furan rings is 2. The monoisotopic (exact) mass is 814 g/mol. The van der Waals surface area contributed by atoms with Crippen LogP contribution in [0.2, 0.25) is 0 Å². The summed E-state index contributed by atoms with van der Waals surface area (Å²) in [4.78, 5) is 0. The van der Waals surface area contributed by atoms with Crippen LogP contribution in [-0.4, -0.2) is 0 Å². The molecule has 0 spiro atoms. The second kappa shape index (κ2) is 14.6. The SMILES string of the molecule is c1ccc(-c2ccc3c(c2)oc2ccc(-c4ccccc4)c(-c4c5ccccc5c(-c5c(-c6ccccc6)cc6oc7ccccc7c6c5-c5ccccc5)c5ccccc45)c23)cc1. The molecule has 298 valence electrons. The molecule has 0 radical (unpaired) electrons. The van der Waals surface area contributed by atoms with E-state index in [-0.39, 0.29) is 0 Å². The predicted molar refractivity (Wildman–Crippen MR) is 269 cm³/mol. The van der Waals surface area contributed by atoms with Crippen molar-refractivity contribution < 1.29 is 8.83 Å². The highest BCUT2D eigenvalue weighted by Gasteiger charge is 2.28. The molecule has 2 aromatic heterocycles. The third kappa shape index (κ3) is 5.59. The van der Waals surface area contributed by atoms with E-state index in [0.717, 1.165) is 93.9 Å². The van der Waals surface area contributed by atoms with E-state index in [2.05, 4.69) is 231 Å². The van der Waals surface area contributed by atoms with Crippen molar-refractivity contribution in [2.75, 3.05) is 0 Å². The molecule has 13 aromatic rings. The smallest absolute Gasteiger partial charge is 0.136 e. The third-order valence-electron chi connectivity index (χ3n) is 13.1. The molecule has 0 aliphatic carbocycles. The Balaban J connectivity index is 1.21. The Morgan fingerprint density at radius 2 is 0.656 bits per heavy atom. The molecular weight excluding hydrogens is 777 g/mol. The van der Waals surface area contributed by atoms with Crippen LogP contribution in [0.1, 0.15) is 0 Å². The van der Waals surface area contributed by atoms with E-state index < -0.39 is 0 Å². The summed E-state index contributed by atoms with van der Waals surface area (Å²) in [7, 11) is 0. The molecule has 2 nitrogen and oxygen atoms in total. The summed E-state index contributed by atoms with van der Waals surface area (Å²) >= 11 is 0. The molecule has 0 saturated carbocycles. The van der Waals surface area contributed by atoms with Crippen LogP contribution in [-0.2, 0) is 0 Å². The second-order valence-electron chi connectivity index (χ2n) is 16.6. The maximum Gasteiger partial charge on any atom is 0.136 e. The maximum atomic E-state index is 6.87. The Hall–Kier alpha value is -8.46. The Kier molecular flexibility index (Phi) is 8.25. The summed E-state index contributed by atoms with van der Waals surface area (Å²) in [6.45, 7) is 0. The van der Waals surface area contributed by atoms with Gasteiger partial charge in [0.05, 0.1) is 0 Å². The Morgan fingerprint density at radius 1 is 0.203 bits per heavy atom. The average molecular weight is 815 g/mol. The normalized spacial score (nSPS) is 11.8. The van der Waals surface area contributed by atoms with Gasteiger partial charge in [0.1, 0.15) is 22.3 Å². The van der Waals surface area contributed by atoms with Gasteiger partial charge in [-0.3, -0.25) is 0 Å². The van der Waals surface area contributed by atoms with E-state index in [0.29, 0.717) is 0 Å². The van der Waals surface area contributed by atoms with Gasteiger partial charge in [-0.1, -0.05) is 200 Å². The summed E-state index contributed by atoms with van der Waals surface area (Å²) < 4.78 is 13.6. The van der Waals surface area contributed by atoms with Crippen LogP contribution in [0.25, 0.3) is 132 Å². The highest BCUT2D eigenvalue weighted by molar-refractivity contribution is 6.30. The summed E-state index contributed by atoms with van der Waals surface area (Å²) in [5, 5.41) is 9.11. The molecule has 2 heterocycles. The van der Waals surface area contributed by atoms with Gasteiger partial charge in [0.15, 0.2) is 0 Å². The molecule has 11 aromatic carbocycles. The minimum Gasteiger partial charge on any atom is -0.456 e. The van der Waals surface area contributed by atoms with Crippen LogP contribution >= 0.6 is 0 Å². The third-order valence-corrected chi connectivity index (χ3v) is 13.1. The fraction of sp³-hybridized carbons (Fsp3) is 0. The molecule has 0 bridgehead atoms. The van der Waals surface area contributed by atoms with Gasteiger partial charge in [-0.2, -0.15) is 0 Å². The number of hydrogen-bond donors (Lipinski definition) is 0. The lowest BCUT2D eigenvalue weighted by molar-refractivity contribution is 0.669. The molecule has 13 rings (SSSR count). The molecular formula is C62H38O2. The van der Waals surface area contributed by atoms with Crippen molar-refractivity contribution in [2.45, 2.75) is 0 Å². The van der Waals surface area contributed by atoms with E-state index in [1.165, 1.54) is 38.2 Å². The fourth-order valence-electron chi connectivity index (χ4n) is 10.3. The van der Waals surface area contributed by atoms with Crippen LogP contribution < -0.4 is 0 Å². The standard InChI is InChI=1S/C62H38O2/c1-5-19-39(20-6-1)43-33-34-50-54(37-43)64-53-36-35-44(40-21-7-2-8-22-40)61(59(50)53)57-45-27-13-15-29-47(45)58(48-30-16-14-28-46(48)57)62-51(41-23-9-3-10-24-41)38-55-60(49-31-17-18-32-52(49)63-55)56(62)42-25-11-4-12-26-42/h1-38H. The van der Waals surface area contributed by atoms with E-state index in [1.807, 2.05) is 0 Å². The van der Waals surface area contributed by atoms with Gasteiger partial charge >= 0.3 is 0 Å². The topological polar surface area (TPSA) is 26.3 Å². The van der Waals surface area contributed by atoms with Crippen LogP contribution in [0.4, 0.5) is 0 Å². The minimum atomic E-state index is 0.863. The van der Waals surface area contributed by atoms with Crippen LogP contribution in [0.3, 0.4) is 0 Å². The van der Waals surface area contributed by atoms with Crippen LogP contribution in [0.15, 0.2) is 239 Å². The lowest BCUT2D eigenvalue weighted by atomic mass is 9.78. The lowest BCUT2D eigenvalue weighted by Crippen LogP contribution is -1.97. The lowest BCUT2D eigenvalue weighted by Gasteiger charge is -2.24. The molecule has 0 amide bonds. The Labute approximate surface area is 369 Å². The largest absolute Gasteiger partial charge is 0.456 e. The van der Waals surface area contributed by atoms with Gasteiger partial charge in [0.2, 0.25) is 0 Å². The van der Waals surface area contributed by atoms with Gasteiger partial charge in [0, 0.05) is 32.7 Å². The van der Waals surface area contributed by atoms with Crippen molar-refractivity contribution in [1.82, 2.24) is 0 Å². The van der Waals surface area contributed by atoms with E-state index in [4.69, 9.17) is 8.83 Å². The highest BCUT2D eigenvalue weighted by atomic mass is 16.3. The maximum absolute atomic E-state index is 6.87. The van der Waals surface area contributed by atoms with Crippen molar-refractivity contribution >= 4 is 65.4 Å². The molecule has 0 saturated heterocycles. The summed E-state index contributed by atoms with van der Waals surface area (Å²) in [5.41, 5.74) is 17.4. The van der Waals surface area contributed by atoms with Gasteiger partial charge in [0.25, 0.3) is 0 Å². The van der Waals surface area contributed by atoms with E-state index >= 15 is 0 Å². The van der Waals surface area contributed by atoms with Crippen molar-refractivity contribution in [3.8, 4) is 66.8 Å². The quantitative estimate of drug-likeness (QED) is 0.156. The first-order chi connectivity index (χ1) is 31.8. The van der Waals surface area contributed by atoms with E-state index in [1.54, 1.807) is 0 Å². The second-order valence-corrected chi connectivity index (χ2v) is 16.6. The first-order valence-corrected chi connectivity index (χ1v) is 21.9. The predicted octanol–water partition coefficient (Wildman–Crippen LogP) is 17.8. The molecule has 64 heavy (non-hydrogen) atoms. The molecule has 0 aliphatic heterocycles. The number of fused-ring (bicyclic) bond motifs is 8. The number of rotatable bonds is 6. The number of hydrogen-bond acceptors (Lipinski definition) is 2. The van der Waals surface area contributed by atoms with Crippen LogP contribution in [0, 0.1) is 0 Å². The highest BCUT2D eigenvalue weighted by Crippen LogP contribution is 2.55.